The van der Waals surface area contributed by atoms with Crippen LogP contribution in [0.4, 0.5) is 0 Å². The molecule has 78 valence electrons. The number of rotatable bonds is 5. The molecule has 0 saturated carbocycles. The van der Waals surface area contributed by atoms with E-state index < -0.39 is 0 Å². The van der Waals surface area contributed by atoms with Crippen LogP contribution in [-0.4, -0.2) is 11.5 Å². The third-order valence-corrected chi connectivity index (χ3v) is 3.23. The van der Waals surface area contributed by atoms with Gasteiger partial charge in [-0.15, -0.1) is 0 Å². The van der Waals surface area contributed by atoms with Crippen LogP contribution >= 0.6 is 11.8 Å². The highest BCUT2D eigenvalue weighted by Crippen LogP contribution is 2.12. The lowest BCUT2D eigenvalue weighted by molar-refractivity contribution is 0.929. The molecule has 0 aliphatic carbocycles. The third kappa shape index (κ3) is 4.19. The standard InChI is InChI=1S/C13H20S/c1-4-14-7-5-6-13-9-11(2)8-12(3)10-13/h8-10H,4-7H2,1-3H3. The van der Waals surface area contributed by atoms with Crippen LogP contribution in [0.1, 0.15) is 30.0 Å². The van der Waals surface area contributed by atoms with Crippen molar-refractivity contribution in [2.45, 2.75) is 33.6 Å². The quantitative estimate of drug-likeness (QED) is 0.659. The van der Waals surface area contributed by atoms with Crippen molar-refractivity contribution in [3.05, 3.63) is 34.9 Å². The van der Waals surface area contributed by atoms with E-state index in [1.165, 1.54) is 41.0 Å². The molecule has 1 aromatic rings. The molecular formula is C13H20S. The molecular weight excluding hydrogens is 188 g/mol. The Hall–Kier alpha value is -0.430. The molecule has 0 heterocycles. The second-order valence-electron chi connectivity index (χ2n) is 3.80. The van der Waals surface area contributed by atoms with E-state index in [4.69, 9.17) is 0 Å². The number of aryl methyl sites for hydroxylation is 3. The molecule has 0 radical (unpaired) electrons. The normalized spacial score (nSPS) is 10.5. The fourth-order valence-corrected chi connectivity index (χ4v) is 2.37. The molecule has 1 rings (SSSR count). The molecule has 0 atom stereocenters. The zero-order valence-corrected chi connectivity index (χ0v) is 10.3. The highest BCUT2D eigenvalue weighted by atomic mass is 32.2. The summed E-state index contributed by atoms with van der Waals surface area (Å²) in [6.07, 6.45) is 2.54. The Morgan fingerprint density at radius 1 is 1.07 bits per heavy atom. The summed E-state index contributed by atoms with van der Waals surface area (Å²) in [7, 11) is 0. The van der Waals surface area contributed by atoms with Crippen molar-refractivity contribution in [3.63, 3.8) is 0 Å². The molecule has 0 aromatic heterocycles. The molecule has 0 aliphatic rings. The van der Waals surface area contributed by atoms with E-state index in [-0.39, 0.29) is 0 Å². The van der Waals surface area contributed by atoms with Crippen LogP contribution in [-0.2, 0) is 6.42 Å². The molecule has 0 fully saturated rings. The predicted molar refractivity (Wildman–Crippen MR) is 67.2 cm³/mol. The van der Waals surface area contributed by atoms with E-state index in [1.807, 2.05) is 11.8 Å². The first-order chi connectivity index (χ1) is 6.72. The van der Waals surface area contributed by atoms with Gasteiger partial charge in [0.15, 0.2) is 0 Å². The van der Waals surface area contributed by atoms with E-state index in [0.29, 0.717) is 0 Å². The van der Waals surface area contributed by atoms with E-state index in [2.05, 4.69) is 39.0 Å². The molecule has 0 saturated heterocycles. The van der Waals surface area contributed by atoms with Crippen molar-refractivity contribution in [2.75, 3.05) is 11.5 Å². The number of hydrogen-bond acceptors (Lipinski definition) is 1. The fraction of sp³-hybridized carbons (Fsp3) is 0.538. The van der Waals surface area contributed by atoms with Gasteiger partial charge in [0.05, 0.1) is 0 Å². The molecule has 0 N–H and O–H groups in total. The molecule has 0 spiro atoms. The third-order valence-electron chi connectivity index (χ3n) is 2.24. The van der Waals surface area contributed by atoms with Gasteiger partial charge in [0.25, 0.3) is 0 Å². The Morgan fingerprint density at radius 3 is 2.29 bits per heavy atom. The summed E-state index contributed by atoms with van der Waals surface area (Å²) in [6.45, 7) is 6.58. The average molecular weight is 208 g/mol. The van der Waals surface area contributed by atoms with Gasteiger partial charge in [-0.1, -0.05) is 36.2 Å². The first-order valence-corrected chi connectivity index (χ1v) is 6.52. The van der Waals surface area contributed by atoms with Crippen molar-refractivity contribution in [1.82, 2.24) is 0 Å². The molecule has 0 unspecified atom stereocenters. The van der Waals surface area contributed by atoms with Gasteiger partial charge >= 0.3 is 0 Å². The maximum absolute atomic E-state index is 2.31. The monoisotopic (exact) mass is 208 g/mol. The summed E-state index contributed by atoms with van der Waals surface area (Å²) in [4.78, 5) is 0. The number of hydrogen-bond donors (Lipinski definition) is 0. The van der Waals surface area contributed by atoms with Crippen LogP contribution < -0.4 is 0 Å². The highest BCUT2D eigenvalue weighted by molar-refractivity contribution is 7.99. The SMILES string of the molecule is CCSCCCc1cc(C)cc(C)c1. The minimum absolute atomic E-state index is 1.23. The zero-order chi connectivity index (χ0) is 10.4. The Morgan fingerprint density at radius 2 is 1.71 bits per heavy atom. The zero-order valence-electron chi connectivity index (χ0n) is 9.47. The van der Waals surface area contributed by atoms with Gasteiger partial charge in [-0.05, 0) is 43.8 Å². The van der Waals surface area contributed by atoms with Crippen LogP contribution in [0, 0.1) is 13.8 Å². The van der Waals surface area contributed by atoms with E-state index in [1.54, 1.807) is 0 Å². The Kier molecular flexibility index (Phi) is 5.10. The summed E-state index contributed by atoms with van der Waals surface area (Å²) in [5, 5.41) is 0. The lowest BCUT2D eigenvalue weighted by Gasteiger charge is -2.04. The molecule has 0 amide bonds. The van der Waals surface area contributed by atoms with E-state index >= 15 is 0 Å². The molecule has 0 bridgehead atoms. The first kappa shape index (κ1) is 11.6. The van der Waals surface area contributed by atoms with Crippen LogP contribution in [0.15, 0.2) is 18.2 Å². The highest BCUT2D eigenvalue weighted by Gasteiger charge is 1.96. The summed E-state index contributed by atoms with van der Waals surface area (Å²) >= 11 is 2.04. The Balaban J connectivity index is 2.42. The van der Waals surface area contributed by atoms with Crippen molar-refractivity contribution in [3.8, 4) is 0 Å². The Labute approximate surface area is 92.1 Å². The lowest BCUT2D eigenvalue weighted by atomic mass is 10.0. The van der Waals surface area contributed by atoms with Crippen LogP contribution in [0.25, 0.3) is 0 Å². The Bertz CT molecular complexity index is 258. The fourth-order valence-electron chi connectivity index (χ4n) is 1.74. The van der Waals surface area contributed by atoms with Gasteiger partial charge < -0.3 is 0 Å². The van der Waals surface area contributed by atoms with E-state index in [0.717, 1.165) is 0 Å². The van der Waals surface area contributed by atoms with E-state index in [9.17, 15) is 0 Å². The van der Waals surface area contributed by atoms with Crippen molar-refractivity contribution in [1.29, 1.82) is 0 Å². The van der Waals surface area contributed by atoms with Gasteiger partial charge in [-0.25, -0.2) is 0 Å². The molecule has 0 aliphatic heterocycles. The predicted octanol–water partition coefficient (Wildman–Crippen LogP) is 3.99. The van der Waals surface area contributed by atoms with Gasteiger partial charge in [0, 0.05) is 0 Å². The molecule has 14 heavy (non-hydrogen) atoms. The summed E-state index contributed by atoms with van der Waals surface area (Å²) in [5.41, 5.74) is 4.28. The minimum atomic E-state index is 1.23. The van der Waals surface area contributed by atoms with Crippen molar-refractivity contribution < 1.29 is 0 Å². The topological polar surface area (TPSA) is 0 Å². The largest absolute Gasteiger partial charge is 0.162 e. The van der Waals surface area contributed by atoms with Gasteiger partial charge in [0.2, 0.25) is 0 Å². The maximum atomic E-state index is 2.31. The second-order valence-corrected chi connectivity index (χ2v) is 5.19. The molecule has 0 nitrogen and oxygen atoms in total. The maximum Gasteiger partial charge on any atom is -0.00645 e. The summed E-state index contributed by atoms with van der Waals surface area (Å²) in [6, 6.07) is 6.86. The van der Waals surface area contributed by atoms with Gasteiger partial charge in [-0.2, -0.15) is 11.8 Å². The summed E-state index contributed by atoms with van der Waals surface area (Å²) < 4.78 is 0. The van der Waals surface area contributed by atoms with Crippen LogP contribution in [0.2, 0.25) is 0 Å². The lowest BCUT2D eigenvalue weighted by Crippen LogP contribution is -1.90. The van der Waals surface area contributed by atoms with Gasteiger partial charge in [0.1, 0.15) is 0 Å². The minimum Gasteiger partial charge on any atom is -0.162 e. The summed E-state index contributed by atoms with van der Waals surface area (Å²) in [5.74, 6) is 2.54. The van der Waals surface area contributed by atoms with Crippen molar-refractivity contribution in [2.24, 2.45) is 0 Å². The molecule has 1 aromatic carbocycles. The number of thioether (sulfide) groups is 1. The second kappa shape index (κ2) is 6.13. The molecule has 1 heteroatoms. The van der Waals surface area contributed by atoms with Crippen LogP contribution in [0.5, 0.6) is 0 Å². The number of benzene rings is 1. The van der Waals surface area contributed by atoms with Crippen LogP contribution in [0.3, 0.4) is 0 Å². The van der Waals surface area contributed by atoms with Gasteiger partial charge in [-0.3, -0.25) is 0 Å². The van der Waals surface area contributed by atoms with Crippen molar-refractivity contribution >= 4 is 11.8 Å². The first-order valence-electron chi connectivity index (χ1n) is 5.37. The smallest absolute Gasteiger partial charge is 0.00645 e. The average Bonchev–Trinajstić information content (AvgIpc) is 2.11.